The van der Waals surface area contributed by atoms with Crippen LogP contribution in [0.3, 0.4) is 0 Å². The zero-order chi connectivity index (χ0) is 29.6. The molecular weight excluding hydrogens is 468 g/mol. The summed E-state index contributed by atoms with van der Waals surface area (Å²) in [5, 5.41) is 0. The Balaban J connectivity index is 1.57. The second-order valence-corrected chi connectivity index (χ2v) is 19.0. The molecule has 4 fully saturated rings. The van der Waals surface area contributed by atoms with Crippen LogP contribution in [0.4, 0.5) is 0 Å². The van der Waals surface area contributed by atoms with Gasteiger partial charge in [-0.3, -0.25) is 0 Å². The molecule has 0 amide bonds. The summed E-state index contributed by atoms with van der Waals surface area (Å²) < 4.78 is 0. The van der Waals surface area contributed by atoms with Crippen LogP contribution < -0.4 is 0 Å². The topological polar surface area (TPSA) is 0 Å². The fourth-order valence-electron chi connectivity index (χ4n) is 14.0. The van der Waals surface area contributed by atoms with Gasteiger partial charge in [0.05, 0.1) is 0 Å². The molecule has 0 heteroatoms. The monoisotopic (exact) mass is 541 g/mol. The normalized spacial score (nSPS) is 49.2. The molecule has 16 unspecified atom stereocenters. The van der Waals surface area contributed by atoms with Crippen molar-refractivity contribution in [3.05, 3.63) is 0 Å². The molecular formula is C39H72. The number of hydrogen-bond donors (Lipinski definition) is 0. The van der Waals surface area contributed by atoms with E-state index >= 15 is 0 Å². The molecule has 0 aromatic rings. The minimum atomic E-state index is 0.506. The summed E-state index contributed by atoms with van der Waals surface area (Å²) in [4.78, 5) is 0. The lowest BCUT2D eigenvalue weighted by atomic mass is 9.34. The summed E-state index contributed by atoms with van der Waals surface area (Å²) in [5.41, 5.74) is 1.62. The van der Waals surface area contributed by atoms with Crippen LogP contribution in [0.5, 0.6) is 0 Å². The van der Waals surface area contributed by atoms with Gasteiger partial charge in [-0.05, 0) is 137 Å². The zero-order valence-corrected chi connectivity index (χ0v) is 29.6. The van der Waals surface area contributed by atoms with Gasteiger partial charge in [-0.2, -0.15) is 0 Å². The summed E-state index contributed by atoms with van der Waals surface area (Å²) in [6.07, 6.45) is 5.86. The lowest BCUT2D eigenvalue weighted by Crippen LogP contribution is -2.64. The zero-order valence-electron chi connectivity index (χ0n) is 29.6. The summed E-state index contributed by atoms with van der Waals surface area (Å²) in [7, 11) is 0. The van der Waals surface area contributed by atoms with Gasteiger partial charge in [0.15, 0.2) is 0 Å². The molecule has 0 bridgehead atoms. The summed E-state index contributed by atoms with van der Waals surface area (Å²) in [5.74, 6) is 13.9. The third kappa shape index (κ3) is 4.83. The van der Waals surface area contributed by atoms with Crippen molar-refractivity contribution in [2.45, 2.75) is 136 Å². The highest BCUT2D eigenvalue weighted by molar-refractivity contribution is 5.14. The van der Waals surface area contributed by atoms with Crippen molar-refractivity contribution in [3.63, 3.8) is 0 Å². The molecule has 16 atom stereocenters. The van der Waals surface area contributed by atoms with Crippen LogP contribution in [0.15, 0.2) is 0 Å². The van der Waals surface area contributed by atoms with Gasteiger partial charge in [0, 0.05) is 0 Å². The van der Waals surface area contributed by atoms with E-state index in [-0.39, 0.29) is 0 Å². The SMILES string of the molecule is CC(C)C(C)C1C(C)CC1(C)C(C)C(C)C(C)C(C(C)C)C1C(C)CC1(C)C1C(C)CC1C1C(C)CC1(C)C. The maximum Gasteiger partial charge on any atom is -0.0256 e. The Hall–Kier alpha value is 0. The summed E-state index contributed by atoms with van der Waals surface area (Å²) >= 11 is 0. The van der Waals surface area contributed by atoms with Crippen molar-refractivity contribution in [2.24, 2.45) is 111 Å². The Morgan fingerprint density at radius 3 is 1.54 bits per heavy atom. The standard InChI is InChI=1S/C39H72/c1-21(2)27(9)33-25(7)19-38(33,15)30(12)28(10)29(11)32(22(3)4)36-26(8)20-39(36,16)35-23(5)17-31(35)34-24(6)18-37(34,13)14/h21-36H,17-20H2,1-16H3. The molecule has 4 rings (SSSR count). The molecule has 0 saturated heterocycles. The van der Waals surface area contributed by atoms with E-state index in [0.717, 1.165) is 94.7 Å². The van der Waals surface area contributed by atoms with E-state index in [9.17, 15) is 0 Å². The molecule has 4 saturated carbocycles. The van der Waals surface area contributed by atoms with Crippen LogP contribution in [0.2, 0.25) is 0 Å². The average Bonchev–Trinajstić information content (AvgIpc) is 2.78. The number of hydrogen-bond acceptors (Lipinski definition) is 0. The van der Waals surface area contributed by atoms with Crippen LogP contribution in [0.25, 0.3) is 0 Å². The molecule has 0 heterocycles. The van der Waals surface area contributed by atoms with Crippen molar-refractivity contribution in [1.29, 1.82) is 0 Å². The smallest absolute Gasteiger partial charge is 0.0256 e. The van der Waals surface area contributed by atoms with Crippen molar-refractivity contribution in [2.75, 3.05) is 0 Å². The minimum absolute atomic E-state index is 0.506. The van der Waals surface area contributed by atoms with E-state index in [0.29, 0.717) is 16.2 Å². The van der Waals surface area contributed by atoms with E-state index < -0.39 is 0 Å². The van der Waals surface area contributed by atoms with E-state index in [2.05, 4.69) is 111 Å². The highest BCUT2D eigenvalue weighted by Gasteiger charge is 2.66. The second-order valence-electron chi connectivity index (χ2n) is 19.0. The second kappa shape index (κ2) is 10.6. The van der Waals surface area contributed by atoms with Crippen LogP contribution >= 0.6 is 0 Å². The fourth-order valence-corrected chi connectivity index (χ4v) is 14.0. The average molecular weight is 541 g/mol. The Kier molecular flexibility index (Phi) is 8.69. The Bertz CT molecular complexity index is 850. The van der Waals surface area contributed by atoms with Crippen molar-refractivity contribution < 1.29 is 0 Å². The number of rotatable bonds is 10. The lowest BCUT2D eigenvalue weighted by Gasteiger charge is -2.70. The van der Waals surface area contributed by atoms with Crippen molar-refractivity contribution in [3.8, 4) is 0 Å². The lowest BCUT2D eigenvalue weighted by molar-refractivity contribution is -0.224. The van der Waals surface area contributed by atoms with Gasteiger partial charge in [0.1, 0.15) is 0 Å². The first kappa shape index (κ1) is 31.9. The van der Waals surface area contributed by atoms with E-state index in [1.165, 1.54) is 25.7 Å². The molecule has 4 aliphatic carbocycles. The summed E-state index contributed by atoms with van der Waals surface area (Å²) in [6, 6.07) is 0. The summed E-state index contributed by atoms with van der Waals surface area (Å²) in [6.45, 7) is 41.7. The molecule has 4 aliphatic rings. The molecule has 0 spiro atoms. The molecule has 0 nitrogen and oxygen atoms in total. The third-order valence-electron chi connectivity index (χ3n) is 15.6. The quantitative estimate of drug-likeness (QED) is 0.258. The third-order valence-corrected chi connectivity index (χ3v) is 15.6. The van der Waals surface area contributed by atoms with Gasteiger partial charge in [0.25, 0.3) is 0 Å². The molecule has 0 N–H and O–H groups in total. The highest BCUT2D eigenvalue weighted by atomic mass is 14.7. The van der Waals surface area contributed by atoms with Gasteiger partial charge in [-0.1, -0.05) is 111 Å². The Morgan fingerprint density at radius 2 is 1.13 bits per heavy atom. The molecule has 228 valence electrons. The van der Waals surface area contributed by atoms with E-state index in [4.69, 9.17) is 0 Å². The highest BCUT2D eigenvalue weighted by Crippen LogP contribution is 2.72. The molecule has 0 aromatic carbocycles. The van der Waals surface area contributed by atoms with Crippen molar-refractivity contribution >= 4 is 0 Å². The van der Waals surface area contributed by atoms with Crippen LogP contribution in [-0.2, 0) is 0 Å². The van der Waals surface area contributed by atoms with Crippen molar-refractivity contribution in [1.82, 2.24) is 0 Å². The minimum Gasteiger partial charge on any atom is -0.0625 e. The fraction of sp³-hybridized carbons (Fsp3) is 1.00. The maximum atomic E-state index is 2.78. The Labute approximate surface area is 247 Å². The van der Waals surface area contributed by atoms with E-state index in [1.54, 1.807) is 0 Å². The molecule has 39 heavy (non-hydrogen) atoms. The maximum absolute atomic E-state index is 2.78. The predicted molar refractivity (Wildman–Crippen MR) is 172 cm³/mol. The van der Waals surface area contributed by atoms with Gasteiger partial charge in [-0.15, -0.1) is 0 Å². The first-order valence-corrected chi connectivity index (χ1v) is 17.8. The molecule has 0 radical (unpaired) electrons. The van der Waals surface area contributed by atoms with Crippen LogP contribution in [0.1, 0.15) is 136 Å². The van der Waals surface area contributed by atoms with Gasteiger partial charge < -0.3 is 0 Å². The Morgan fingerprint density at radius 1 is 0.564 bits per heavy atom. The van der Waals surface area contributed by atoms with Crippen LogP contribution in [0, 0.1) is 111 Å². The first-order valence-electron chi connectivity index (χ1n) is 17.8. The van der Waals surface area contributed by atoms with Gasteiger partial charge >= 0.3 is 0 Å². The van der Waals surface area contributed by atoms with Gasteiger partial charge in [-0.25, -0.2) is 0 Å². The van der Waals surface area contributed by atoms with E-state index in [1.807, 2.05) is 0 Å². The predicted octanol–water partition coefficient (Wildman–Crippen LogP) is 11.7. The first-order chi connectivity index (χ1) is 17.8. The molecule has 0 aromatic heterocycles. The van der Waals surface area contributed by atoms with Crippen LogP contribution in [-0.4, -0.2) is 0 Å². The largest absolute Gasteiger partial charge is 0.0625 e. The van der Waals surface area contributed by atoms with Gasteiger partial charge in [0.2, 0.25) is 0 Å². The molecule has 0 aliphatic heterocycles.